The molecule has 0 fully saturated rings. The average Bonchev–Trinajstić information content (AvgIpc) is 2.76. The van der Waals surface area contributed by atoms with Crippen LogP contribution in [0.3, 0.4) is 0 Å². The summed E-state index contributed by atoms with van der Waals surface area (Å²) in [4.78, 5) is 0. The third-order valence-corrected chi connectivity index (χ3v) is 4.00. The van der Waals surface area contributed by atoms with Crippen LogP contribution in [0.15, 0.2) is 36.4 Å². The Morgan fingerprint density at radius 2 is 1.74 bits per heavy atom. The molecule has 0 saturated carbocycles. The van der Waals surface area contributed by atoms with E-state index in [9.17, 15) is 0 Å². The average molecular weight is 249 g/mol. The summed E-state index contributed by atoms with van der Waals surface area (Å²) in [6, 6.07) is 12.8. The summed E-state index contributed by atoms with van der Waals surface area (Å²) in [5.41, 5.74) is 15.0. The molecule has 1 nitrogen and oxygen atoms in total. The number of nitrogen functional groups attached to an aromatic ring is 1. The molecule has 0 spiro atoms. The number of hydrogen-bond acceptors (Lipinski definition) is 1. The highest BCUT2D eigenvalue weighted by Gasteiger charge is 2.16. The molecule has 0 atom stereocenters. The minimum atomic E-state index is 0.868. The van der Waals surface area contributed by atoms with Crippen molar-refractivity contribution >= 4 is 17.3 Å². The number of nitrogens with two attached hydrogens (primary N) is 1. The summed E-state index contributed by atoms with van der Waals surface area (Å²) < 4.78 is 0. The van der Waals surface area contributed by atoms with Gasteiger partial charge in [-0.1, -0.05) is 30.3 Å². The molecular weight excluding hydrogens is 230 g/mol. The van der Waals surface area contributed by atoms with E-state index in [1.54, 1.807) is 0 Å². The monoisotopic (exact) mass is 249 g/mol. The molecule has 2 N–H and O–H groups in total. The van der Waals surface area contributed by atoms with Crippen molar-refractivity contribution in [1.82, 2.24) is 0 Å². The van der Waals surface area contributed by atoms with E-state index in [0.717, 1.165) is 18.5 Å². The maximum absolute atomic E-state index is 5.86. The van der Waals surface area contributed by atoms with Crippen molar-refractivity contribution in [1.29, 1.82) is 0 Å². The van der Waals surface area contributed by atoms with Gasteiger partial charge in [-0.2, -0.15) is 0 Å². The fourth-order valence-electron chi connectivity index (χ4n) is 2.92. The van der Waals surface area contributed by atoms with Crippen LogP contribution in [0.1, 0.15) is 34.2 Å². The molecule has 0 amide bonds. The second-order valence-corrected chi connectivity index (χ2v) is 5.39. The lowest BCUT2D eigenvalue weighted by Gasteiger charge is -2.07. The van der Waals surface area contributed by atoms with Gasteiger partial charge in [0.15, 0.2) is 0 Å². The zero-order valence-electron chi connectivity index (χ0n) is 11.5. The minimum absolute atomic E-state index is 0.868. The number of anilines is 1. The van der Waals surface area contributed by atoms with Gasteiger partial charge in [-0.05, 0) is 72.2 Å². The van der Waals surface area contributed by atoms with Crippen LogP contribution in [0.4, 0.5) is 5.69 Å². The molecule has 96 valence electrons. The zero-order valence-corrected chi connectivity index (χ0v) is 11.5. The summed E-state index contributed by atoms with van der Waals surface area (Å²) in [5.74, 6) is 0. The van der Waals surface area contributed by atoms with Gasteiger partial charge in [-0.15, -0.1) is 0 Å². The van der Waals surface area contributed by atoms with E-state index in [1.165, 1.54) is 33.4 Å². The van der Waals surface area contributed by atoms with Gasteiger partial charge in [-0.3, -0.25) is 0 Å². The minimum Gasteiger partial charge on any atom is -0.399 e. The van der Waals surface area contributed by atoms with Gasteiger partial charge < -0.3 is 5.73 Å². The first-order valence-corrected chi connectivity index (χ1v) is 6.81. The van der Waals surface area contributed by atoms with Gasteiger partial charge in [0.1, 0.15) is 0 Å². The molecule has 0 aromatic heterocycles. The van der Waals surface area contributed by atoms with Crippen LogP contribution in [0.5, 0.6) is 0 Å². The molecule has 2 aromatic rings. The lowest BCUT2D eigenvalue weighted by molar-refractivity contribution is 1.08. The molecule has 2 aromatic carbocycles. The van der Waals surface area contributed by atoms with Crippen molar-refractivity contribution in [3.8, 4) is 0 Å². The van der Waals surface area contributed by atoms with Gasteiger partial charge >= 0.3 is 0 Å². The first-order chi connectivity index (χ1) is 9.15. The normalized spacial score (nSPS) is 15.8. The van der Waals surface area contributed by atoms with E-state index in [1.807, 2.05) is 6.07 Å². The maximum Gasteiger partial charge on any atom is 0.0317 e. The molecule has 19 heavy (non-hydrogen) atoms. The van der Waals surface area contributed by atoms with E-state index in [2.05, 4.69) is 50.3 Å². The van der Waals surface area contributed by atoms with E-state index >= 15 is 0 Å². The number of rotatable bonds is 1. The molecule has 1 heteroatoms. The van der Waals surface area contributed by atoms with Crippen molar-refractivity contribution in [2.45, 2.75) is 26.7 Å². The first-order valence-electron chi connectivity index (χ1n) is 6.81. The van der Waals surface area contributed by atoms with Crippen LogP contribution < -0.4 is 5.73 Å². The molecule has 0 bridgehead atoms. The van der Waals surface area contributed by atoms with Crippen LogP contribution >= 0.6 is 0 Å². The van der Waals surface area contributed by atoms with E-state index in [4.69, 9.17) is 5.73 Å². The quantitative estimate of drug-likeness (QED) is 0.746. The lowest BCUT2D eigenvalue weighted by atomic mass is 9.98. The topological polar surface area (TPSA) is 26.0 Å². The van der Waals surface area contributed by atoms with Gasteiger partial charge in [0.05, 0.1) is 0 Å². The van der Waals surface area contributed by atoms with Crippen molar-refractivity contribution < 1.29 is 0 Å². The molecule has 1 aliphatic rings. The van der Waals surface area contributed by atoms with Crippen molar-refractivity contribution in [3.05, 3.63) is 64.2 Å². The summed E-state index contributed by atoms with van der Waals surface area (Å²) in [6.07, 6.45) is 4.58. The molecule has 1 aliphatic carbocycles. The van der Waals surface area contributed by atoms with Gasteiger partial charge in [0.2, 0.25) is 0 Å². The van der Waals surface area contributed by atoms with E-state index in [-0.39, 0.29) is 0 Å². The summed E-state index contributed by atoms with van der Waals surface area (Å²) in [6.45, 7) is 4.36. The Labute approximate surface area is 114 Å². The first kappa shape index (κ1) is 12.0. The molecule has 0 unspecified atom stereocenters. The fraction of sp³-hybridized carbons (Fsp3) is 0.222. The second kappa shape index (κ2) is 4.58. The summed E-state index contributed by atoms with van der Waals surface area (Å²) in [5, 5.41) is 0. The molecule has 3 rings (SSSR count). The van der Waals surface area contributed by atoms with E-state index in [0.29, 0.717) is 0 Å². The number of allylic oxidation sites excluding steroid dienone is 1. The lowest BCUT2D eigenvalue weighted by Crippen LogP contribution is -1.89. The maximum atomic E-state index is 5.86. The molecule has 0 heterocycles. The summed E-state index contributed by atoms with van der Waals surface area (Å²) >= 11 is 0. The third kappa shape index (κ3) is 2.17. The largest absolute Gasteiger partial charge is 0.399 e. The van der Waals surface area contributed by atoms with E-state index < -0.39 is 0 Å². The van der Waals surface area contributed by atoms with Crippen LogP contribution in [0, 0.1) is 13.8 Å². The van der Waals surface area contributed by atoms with Crippen LogP contribution in [0.25, 0.3) is 11.6 Å². The smallest absolute Gasteiger partial charge is 0.0317 e. The van der Waals surface area contributed by atoms with Crippen molar-refractivity contribution in [2.75, 3.05) is 5.73 Å². The zero-order chi connectivity index (χ0) is 13.4. The highest BCUT2D eigenvalue weighted by Crippen LogP contribution is 2.35. The van der Waals surface area contributed by atoms with Gasteiger partial charge in [0, 0.05) is 5.69 Å². The third-order valence-electron chi connectivity index (χ3n) is 4.00. The number of aryl methyl sites for hydroxylation is 3. The highest BCUT2D eigenvalue weighted by atomic mass is 14.5. The second-order valence-electron chi connectivity index (χ2n) is 5.39. The van der Waals surface area contributed by atoms with Crippen LogP contribution in [-0.2, 0) is 6.42 Å². The molecule has 0 saturated heterocycles. The van der Waals surface area contributed by atoms with Gasteiger partial charge in [-0.25, -0.2) is 0 Å². The predicted octanol–water partition coefficient (Wildman–Crippen LogP) is 4.37. The Bertz CT molecular complexity index is 645. The number of benzene rings is 2. The van der Waals surface area contributed by atoms with Crippen molar-refractivity contribution in [2.24, 2.45) is 0 Å². The molecule has 0 aliphatic heterocycles. The number of hydrogen-bond donors (Lipinski definition) is 1. The van der Waals surface area contributed by atoms with Crippen LogP contribution in [-0.4, -0.2) is 0 Å². The summed E-state index contributed by atoms with van der Waals surface area (Å²) in [7, 11) is 0. The SMILES string of the molecule is Cc1cccc(C)c1/C=C1/CCc2cc(N)ccc21. The highest BCUT2D eigenvalue weighted by molar-refractivity contribution is 5.87. The molecular formula is C18H19N. The van der Waals surface area contributed by atoms with Crippen molar-refractivity contribution in [3.63, 3.8) is 0 Å². The fourth-order valence-corrected chi connectivity index (χ4v) is 2.92. The van der Waals surface area contributed by atoms with Crippen LogP contribution in [0.2, 0.25) is 0 Å². The Morgan fingerprint density at radius 1 is 1.00 bits per heavy atom. The molecule has 0 radical (unpaired) electrons. The Hall–Kier alpha value is -2.02. The number of fused-ring (bicyclic) bond motifs is 1. The Kier molecular flexibility index (Phi) is 2.90. The predicted molar refractivity (Wildman–Crippen MR) is 83.0 cm³/mol. The Balaban J connectivity index is 2.08. The standard InChI is InChI=1S/C18H19N/c1-12-4-3-5-13(2)18(12)11-15-7-6-14-10-16(19)8-9-17(14)15/h3-5,8-11H,6-7,19H2,1-2H3/b15-11-. The van der Waals surface area contributed by atoms with Gasteiger partial charge in [0.25, 0.3) is 0 Å². The Morgan fingerprint density at radius 3 is 2.47 bits per heavy atom.